The Morgan fingerprint density at radius 1 is 0.862 bits per heavy atom. The van der Waals surface area contributed by atoms with E-state index in [0.717, 1.165) is 27.0 Å². The zero-order valence-electron chi connectivity index (χ0n) is 15.5. The fourth-order valence-electron chi connectivity index (χ4n) is 3.20. The van der Waals surface area contributed by atoms with Crippen LogP contribution in [0.5, 0.6) is 0 Å². The predicted octanol–water partition coefficient (Wildman–Crippen LogP) is 3.95. The van der Waals surface area contributed by atoms with Gasteiger partial charge in [0.05, 0.1) is 17.5 Å². The first kappa shape index (κ1) is 18.9. The quantitative estimate of drug-likeness (QED) is 0.548. The molecule has 4 rings (SSSR count). The highest BCUT2D eigenvalue weighted by Crippen LogP contribution is 2.16. The summed E-state index contributed by atoms with van der Waals surface area (Å²) in [5, 5.41) is 6.34. The van der Waals surface area contributed by atoms with Crippen molar-refractivity contribution in [2.75, 3.05) is 5.43 Å². The molecule has 0 aliphatic rings. The van der Waals surface area contributed by atoms with Gasteiger partial charge in [-0.25, -0.2) is 5.43 Å². The number of halogens is 1. The van der Waals surface area contributed by atoms with Gasteiger partial charge >= 0.3 is 0 Å². The molecule has 1 N–H and O–H groups in total. The molecule has 0 aliphatic carbocycles. The Bertz CT molecular complexity index is 1220. The van der Waals surface area contributed by atoms with E-state index in [0.29, 0.717) is 16.8 Å². The molecule has 0 saturated carbocycles. The Hall–Kier alpha value is -3.44. The van der Waals surface area contributed by atoms with E-state index in [1.54, 1.807) is 36.4 Å². The Morgan fingerprint density at radius 2 is 1.52 bits per heavy atom. The number of hydrogen-bond acceptors (Lipinski definition) is 3. The van der Waals surface area contributed by atoms with Gasteiger partial charge in [-0.3, -0.25) is 9.59 Å². The van der Waals surface area contributed by atoms with Crippen LogP contribution in [0.1, 0.15) is 16.8 Å². The summed E-state index contributed by atoms with van der Waals surface area (Å²) in [7, 11) is 0. The monoisotopic (exact) mass is 403 g/mol. The lowest BCUT2D eigenvalue weighted by Gasteiger charge is -2.12. The van der Waals surface area contributed by atoms with Crippen LogP contribution in [0.3, 0.4) is 0 Å². The molecule has 6 heteroatoms. The van der Waals surface area contributed by atoms with E-state index in [2.05, 4.69) is 10.5 Å². The lowest BCUT2D eigenvalue weighted by atomic mass is 10.0. The van der Waals surface area contributed by atoms with Gasteiger partial charge in [0.15, 0.2) is 0 Å². The number of hydrogen-bond donors (Lipinski definition) is 1. The van der Waals surface area contributed by atoms with Gasteiger partial charge in [0.25, 0.3) is 5.56 Å². The van der Waals surface area contributed by atoms with Gasteiger partial charge in [-0.1, -0.05) is 72.3 Å². The second-order valence-electron chi connectivity index (χ2n) is 6.71. The topological polar surface area (TPSA) is 64.0 Å². The third-order valence-electron chi connectivity index (χ3n) is 4.60. The summed E-state index contributed by atoms with van der Waals surface area (Å²) in [6, 6.07) is 24.2. The maximum atomic E-state index is 12.8. The van der Waals surface area contributed by atoms with Crippen LogP contribution in [0.15, 0.2) is 83.7 Å². The van der Waals surface area contributed by atoms with Crippen molar-refractivity contribution >= 4 is 28.3 Å². The van der Waals surface area contributed by atoms with Crippen molar-refractivity contribution in [3.05, 3.63) is 111 Å². The molecule has 1 heterocycles. The number of amides is 1. The molecule has 0 radical (unpaired) electrons. The van der Waals surface area contributed by atoms with E-state index in [4.69, 9.17) is 11.6 Å². The van der Waals surface area contributed by atoms with E-state index >= 15 is 0 Å². The second kappa shape index (κ2) is 8.29. The number of fused-ring (bicyclic) bond motifs is 1. The minimum absolute atomic E-state index is 0.117. The van der Waals surface area contributed by atoms with Crippen molar-refractivity contribution in [2.45, 2.75) is 12.8 Å². The maximum Gasteiger partial charge on any atom is 0.294 e. The van der Waals surface area contributed by atoms with Gasteiger partial charge in [-0.05, 0) is 29.3 Å². The van der Waals surface area contributed by atoms with Crippen molar-refractivity contribution in [1.29, 1.82) is 0 Å². The van der Waals surface area contributed by atoms with Crippen LogP contribution in [0.25, 0.3) is 10.8 Å². The number of nitrogens with one attached hydrogen (secondary N) is 1. The number of rotatable bonds is 5. The first-order valence-corrected chi connectivity index (χ1v) is 9.57. The Kier molecular flexibility index (Phi) is 5.40. The third kappa shape index (κ3) is 4.36. The Labute approximate surface area is 172 Å². The summed E-state index contributed by atoms with van der Waals surface area (Å²) < 4.78 is 0. The van der Waals surface area contributed by atoms with Crippen molar-refractivity contribution in [3.8, 4) is 0 Å². The SMILES string of the molecule is O=C(Cc1ccc(Cl)cc1)Nn1nc(Cc2ccccc2)c2ccccc2c1=O. The van der Waals surface area contributed by atoms with Crippen LogP contribution in [0, 0.1) is 0 Å². The van der Waals surface area contributed by atoms with Crippen molar-refractivity contribution in [2.24, 2.45) is 0 Å². The molecule has 0 saturated heterocycles. The molecule has 144 valence electrons. The molecule has 1 amide bonds. The highest BCUT2D eigenvalue weighted by Gasteiger charge is 2.13. The average molecular weight is 404 g/mol. The highest BCUT2D eigenvalue weighted by atomic mass is 35.5. The summed E-state index contributed by atoms with van der Waals surface area (Å²) in [5.41, 5.74) is 4.84. The lowest BCUT2D eigenvalue weighted by Crippen LogP contribution is -2.36. The molecule has 29 heavy (non-hydrogen) atoms. The van der Waals surface area contributed by atoms with Gasteiger partial charge in [0.2, 0.25) is 5.91 Å². The van der Waals surface area contributed by atoms with E-state index in [1.165, 1.54) is 0 Å². The molecule has 1 aromatic heterocycles. The lowest BCUT2D eigenvalue weighted by molar-refractivity contribution is -0.116. The molecule has 0 spiro atoms. The molecular weight excluding hydrogens is 386 g/mol. The third-order valence-corrected chi connectivity index (χ3v) is 4.86. The van der Waals surface area contributed by atoms with E-state index in [1.807, 2.05) is 42.5 Å². The summed E-state index contributed by atoms with van der Waals surface area (Å²) in [4.78, 5) is 26.4. The van der Waals surface area contributed by atoms with Crippen LogP contribution < -0.4 is 11.0 Å². The van der Waals surface area contributed by atoms with Crippen molar-refractivity contribution in [1.82, 2.24) is 9.89 Å². The first-order chi connectivity index (χ1) is 14.1. The van der Waals surface area contributed by atoms with E-state index in [9.17, 15) is 9.59 Å². The van der Waals surface area contributed by atoms with Gasteiger partial charge in [-0.15, -0.1) is 4.79 Å². The van der Waals surface area contributed by atoms with Crippen LogP contribution in [0.4, 0.5) is 0 Å². The van der Waals surface area contributed by atoms with Crippen molar-refractivity contribution in [3.63, 3.8) is 0 Å². The van der Waals surface area contributed by atoms with Gasteiger partial charge in [0, 0.05) is 16.8 Å². The number of carbonyl (C=O) groups excluding carboxylic acids is 1. The second-order valence-corrected chi connectivity index (χ2v) is 7.15. The molecule has 0 bridgehead atoms. The molecule has 0 atom stereocenters. The number of carbonyl (C=O) groups is 1. The molecule has 4 aromatic rings. The normalized spacial score (nSPS) is 10.8. The average Bonchev–Trinajstić information content (AvgIpc) is 2.74. The predicted molar refractivity (Wildman–Crippen MR) is 115 cm³/mol. The Morgan fingerprint density at radius 3 is 2.24 bits per heavy atom. The summed E-state index contributed by atoms with van der Waals surface area (Å²) >= 11 is 5.88. The van der Waals surface area contributed by atoms with E-state index < -0.39 is 0 Å². The van der Waals surface area contributed by atoms with E-state index in [-0.39, 0.29) is 17.9 Å². The van der Waals surface area contributed by atoms with Gasteiger partial charge < -0.3 is 0 Å². The molecule has 0 fully saturated rings. The smallest absolute Gasteiger partial charge is 0.273 e. The number of nitrogens with zero attached hydrogens (tertiary/aromatic N) is 2. The fraction of sp³-hybridized carbons (Fsp3) is 0.0870. The Balaban J connectivity index is 1.66. The summed E-state index contributed by atoms with van der Waals surface area (Å²) in [6.45, 7) is 0. The molecular formula is C23H18ClN3O2. The molecule has 5 nitrogen and oxygen atoms in total. The zero-order valence-corrected chi connectivity index (χ0v) is 16.3. The summed E-state index contributed by atoms with van der Waals surface area (Å²) in [6.07, 6.45) is 0.667. The minimum Gasteiger partial charge on any atom is -0.273 e. The van der Waals surface area contributed by atoms with Gasteiger partial charge in [-0.2, -0.15) is 5.10 Å². The molecule has 0 aliphatic heterocycles. The van der Waals surface area contributed by atoms with Crippen LogP contribution in [0.2, 0.25) is 5.02 Å². The van der Waals surface area contributed by atoms with Gasteiger partial charge in [0.1, 0.15) is 0 Å². The first-order valence-electron chi connectivity index (χ1n) is 9.19. The highest BCUT2D eigenvalue weighted by molar-refractivity contribution is 6.30. The maximum absolute atomic E-state index is 12.8. The largest absolute Gasteiger partial charge is 0.294 e. The standard InChI is InChI=1S/C23H18ClN3O2/c24-18-12-10-17(11-13-18)15-22(28)26-27-23(29)20-9-5-4-8-19(20)21(25-27)14-16-6-2-1-3-7-16/h1-13H,14-15H2,(H,26,28). The summed E-state index contributed by atoms with van der Waals surface area (Å²) in [5.74, 6) is -0.331. The minimum atomic E-state index is -0.359. The number of aromatic nitrogens is 2. The number of benzene rings is 3. The van der Waals surface area contributed by atoms with Crippen LogP contribution >= 0.6 is 11.6 Å². The van der Waals surface area contributed by atoms with Crippen LogP contribution in [-0.4, -0.2) is 15.8 Å². The van der Waals surface area contributed by atoms with Crippen molar-refractivity contribution < 1.29 is 4.79 Å². The fourth-order valence-corrected chi connectivity index (χ4v) is 3.32. The zero-order chi connectivity index (χ0) is 20.2. The van der Waals surface area contributed by atoms with Crippen LogP contribution in [-0.2, 0) is 17.6 Å². The molecule has 0 unspecified atom stereocenters. The molecule has 3 aromatic carbocycles.